The third-order valence-electron chi connectivity index (χ3n) is 8.42. The van der Waals surface area contributed by atoms with Gasteiger partial charge in [0, 0.05) is 0 Å². The number of carbonyl (C=O) groups is 1. The molecule has 0 bridgehead atoms. The quantitative estimate of drug-likeness (QED) is 0.0861. The number of nitrogens with two attached hydrogens (primary N) is 3. The average Bonchev–Trinajstić information content (AvgIpc) is 3.03. The monoisotopic (exact) mass is 663 g/mol. The van der Waals surface area contributed by atoms with Crippen molar-refractivity contribution in [1.29, 1.82) is 0 Å². The number of hydrogen-bond donors (Lipinski definition) is 15. The van der Waals surface area contributed by atoms with Gasteiger partial charge in [0.15, 0.2) is 6.29 Å². The van der Waals surface area contributed by atoms with E-state index < -0.39 is 135 Å². The van der Waals surface area contributed by atoms with Crippen LogP contribution in [0.25, 0.3) is 0 Å². The zero-order chi connectivity index (χ0) is 34.2. The van der Waals surface area contributed by atoms with Gasteiger partial charge in [-0.25, -0.2) is 0 Å². The van der Waals surface area contributed by atoms with Crippen LogP contribution in [-0.4, -0.2) is 203 Å². The summed E-state index contributed by atoms with van der Waals surface area (Å²) in [5.41, 5.74) is 17.8. The number of ether oxygens (including phenoxy) is 5. The molecule has 18 N–H and O–H groups in total. The smallest absolute Gasteiger partial charge is 0.253 e. The lowest BCUT2D eigenvalue weighted by atomic mass is 9.79. The van der Waals surface area contributed by atoms with Crippen molar-refractivity contribution >= 4 is 6.29 Å². The first-order valence-corrected chi connectivity index (χ1v) is 14.0. The highest BCUT2D eigenvalue weighted by atomic mass is 16.8. The zero-order valence-electron chi connectivity index (χ0n) is 24.1. The van der Waals surface area contributed by atoms with Crippen LogP contribution < -0.4 is 17.2 Å². The molecule has 3 fully saturated rings. The summed E-state index contributed by atoms with van der Waals surface area (Å²) in [5, 5.41) is 126. The van der Waals surface area contributed by atoms with Crippen LogP contribution in [-0.2, 0) is 28.5 Å². The van der Waals surface area contributed by atoms with Gasteiger partial charge in [0.2, 0.25) is 5.79 Å². The van der Waals surface area contributed by atoms with Gasteiger partial charge in [0.05, 0.1) is 44.1 Å². The molecule has 264 valence electrons. The van der Waals surface area contributed by atoms with Gasteiger partial charge in [-0.15, -0.1) is 0 Å². The minimum absolute atomic E-state index is 0.0377. The fraction of sp³-hybridized carbons (Fsp3) is 0.958. The van der Waals surface area contributed by atoms with Crippen LogP contribution in [0.2, 0.25) is 0 Å². The highest BCUT2D eigenvalue weighted by Gasteiger charge is 2.73. The Morgan fingerprint density at radius 1 is 0.889 bits per heavy atom. The average molecular weight is 664 g/mol. The summed E-state index contributed by atoms with van der Waals surface area (Å²) in [6.07, 6.45) is -27.1. The van der Waals surface area contributed by atoms with Crippen LogP contribution in [0.3, 0.4) is 0 Å². The molecule has 21 nitrogen and oxygen atoms in total. The first kappa shape index (κ1) is 38.3. The van der Waals surface area contributed by atoms with E-state index in [-0.39, 0.29) is 6.29 Å². The molecule has 3 aliphatic heterocycles. The maximum absolute atomic E-state index is 11.9. The highest BCUT2D eigenvalue weighted by molar-refractivity contribution is 5.58. The molecule has 3 rings (SSSR count). The van der Waals surface area contributed by atoms with Gasteiger partial charge in [-0.3, -0.25) is 0 Å². The van der Waals surface area contributed by atoms with Crippen molar-refractivity contribution in [2.75, 3.05) is 19.8 Å². The van der Waals surface area contributed by atoms with Crippen molar-refractivity contribution in [1.82, 2.24) is 0 Å². The Morgan fingerprint density at radius 3 is 2.02 bits per heavy atom. The Balaban J connectivity index is 2.13. The van der Waals surface area contributed by atoms with Crippen molar-refractivity contribution in [3.8, 4) is 0 Å². The molecule has 0 amide bonds. The summed E-state index contributed by atoms with van der Waals surface area (Å²) in [4.78, 5) is 11.4. The molecule has 0 aromatic heterocycles. The lowest BCUT2D eigenvalue weighted by Crippen LogP contribution is -2.84. The van der Waals surface area contributed by atoms with Gasteiger partial charge in [-0.1, -0.05) is 0 Å². The van der Waals surface area contributed by atoms with E-state index in [4.69, 9.17) is 40.9 Å². The summed E-state index contributed by atoms with van der Waals surface area (Å²) >= 11 is 0. The van der Waals surface area contributed by atoms with E-state index in [1.165, 1.54) is 0 Å². The summed E-state index contributed by atoms with van der Waals surface area (Å²) in [7, 11) is 0. The molecular weight excluding hydrogens is 618 g/mol. The first-order chi connectivity index (χ1) is 21.0. The molecule has 3 aliphatic rings. The molecule has 3 saturated heterocycles. The van der Waals surface area contributed by atoms with Crippen LogP contribution in [0.1, 0.15) is 6.92 Å². The predicted octanol–water partition coefficient (Wildman–Crippen LogP) is -10.3. The number of rotatable bonds is 12. The van der Waals surface area contributed by atoms with Crippen LogP contribution in [0.15, 0.2) is 0 Å². The van der Waals surface area contributed by atoms with E-state index in [1.54, 1.807) is 0 Å². The molecule has 19 atom stereocenters. The molecular formula is C24H45N3O18. The van der Waals surface area contributed by atoms with Crippen molar-refractivity contribution in [3.05, 3.63) is 0 Å². The predicted molar refractivity (Wildman–Crippen MR) is 141 cm³/mol. The molecule has 0 radical (unpaired) electrons. The molecule has 9 unspecified atom stereocenters. The van der Waals surface area contributed by atoms with E-state index in [1.807, 2.05) is 0 Å². The van der Waals surface area contributed by atoms with E-state index in [2.05, 4.69) is 0 Å². The fourth-order valence-electron chi connectivity index (χ4n) is 5.61. The van der Waals surface area contributed by atoms with Crippen molar-refractivity contribution in [2.45, 2.75) is 122 Å². The largest absolute Gasteiger partial charge is 0.394 e. The number of aliphatic hydroxyl groups is 12. The van der Waals surface area contributed by atoms with Gasteiger partial charge in [-0.2, -0.15) is 0 Å². The molecule has 0 saturated carbocycles. The molecule has 3 heterocycles. The summed E-state index contributed by atoms with van der Waals surface area (Å²) in [5.74, 6) is -6.72. The third kappa shape index (κ3) is 6.77. The van der Waals surface area contributed by atoms with Gasteiger partial charge >= 0.3 is 0 Å². The fourth-order valence-corrected chi connectivity index (χ4v) is 5.61. The van der Waals surface area contributed by atoms with E-state index in [0.717, 1.165) is 6.92 Å². The number of aliphatic hydroxyl groups excluding tert-OH is 11. The maximum atomic E-state index is 11.9. The minimum atomic E-state index is -3.44. The normalized spacial score (nSPS) is 48.8. The Bertz CT molecular complexity index is 970. The lowest BCUT2D eigenvalue weighted by molar-refractivity contribution is -0.494. The molecule has 21 heteroatoms. The first-order valence-electron chi connectivity index (χ1n) is 14.0. The van der Waals surface area contributed by atoms with E-state index in [9.17, 15) is 66.1 Å². The second-order valence-electron chi connectivity index (χ2n) is 11.4. The van der Waals surface area contributed by atoms with Crippen molar-refractivity contribution in [2.24, 2.45) is 17.2 Å². The number of carbonyl (C=O) groups excluding carboxylic acids is 1. The summed E-state index contributed by atoms with van der Waals surface area (Å²) in [6.45, 7) is -1.97. The zero-order valence-corrected chi connectivity index (χ0v) is 24.1. The van der Waals surface area contributed by atoms with Crippen LogP contribution in [0.4, 0.5) is 0 Å². The van der Waals surface area contributed by atoms with Gasteiger partial charge in [-0.05, 0) is 6.92 Å². The van der Waals surface area contributed by atoms with Crippen LogP contribution >= 0.6 is 0 Å². The summed E-state index contributed by atoms with van der Waals surface area (Å²) in [6, 6.07) is -5.58. The molecule has 0 aromatic rings. The third-order valence-corrected chi connectivity index (χ3v) is 8.42. The Hall–Kier alpha value is -1.13. The molecule has 45 heavy (non-hydrogen) atoms. The van der Waals surface area contributed by atoms with Gasteiger partial charge in [0.25, 0.3) is 5.79 Å². The maximum Gasteiger partial charge on any atom is 0.253 e. The lowest BCUT2D eigenvalue weighted by Gasteiger charge is -2.60. The number of aldehydes is 1. The second kappa shape index (κ2) is 15.0. The van der Waals surface area contributed by atoms with E-state index >= 15 is 0 Å². The topological polar surface area (TPSA) is 384 Å². The van der Waals surface area contributed by atoms with Crippen molar-refractivity contribution < 1.29 is 89.8 Å². The number of hydrogen-bond acceptors (Lipinski definition) is 21. The second-order valence-corrected chi connectivity index (χ2v) is 11.4. The summed E-state index contributed by atoms with van der Waals surface area (Å²) < 4.78 is 28.1. The Morgan fingerprint density at radius 2 is 1.49 bits per heavy atom. The molecule has 0 spiro atoms. The molecule has 0 aliphatic carbocycles. The highest BCUT2D eigenvalue weighted by Crippen LogP contribution is 2.47. The Kier molecular flexibility index (Phi) is 12.7. The van der Waals surface area contributed by atoms with Gasteiger partial charge < -0.3 is 107 Å². The standard InChI is InChI=1S/C24H45N3O18/c1-6-12(33)16(37)21(39)23(40,43-6)24(45-18(8(32)3-29)13(34)7(25)2-28)20(27)17(38)19(10(5-31)44-24)42-22-11(26)15(36)14(35)9(4-30)41-22/h2,6-22,29-40H,3-5,25-27H2,1H3/t6-,7?,8?,9+,10+,11?,12+,13?,14?,15?,16+,17-,18?,19+,20+,21-,22?,23?,24-/m0/s1. The Labute approximate surface area is 255 Å². The van der Waals surface area contributed by atoms with Gasteiger partial charge in [0.1, 0.15) is 79.5 Å². The van der Waals surface area contributed by atoms with Crippen LogP contribution in [0.5, 0.6) is 0 Å². The van der Waals surface area contributed by atoms with Crippen molar-refractivity contribution in [3.63, 3.8) is 0 Å². The molecule has 0 aromatic carbocycles. The van der Waals surface area contributed by atoms with Crippen LogP contribution in [0, 0.1) is 0 Å². The minimum Gasteiger partial charge on any atom is -0.394 e. The SMILES string of the molecule is C[C@@H]1OC(O)([C@]2(OC(C(O)CO)C(O)C(N)C=O)O[C@H](CO)[C@@H](OC3O[C@H](CO)C(O)C(O)C3N)[C@H](O)[C@H]2N)[C@@H](O)[C@H](O)[C@@H]1O. The van der Waals surface area contributed by atoms with E-state index in [0.29, 0.717) is 0 Å².